The summed E-state index contributed by atoms with van der Waals surface area (Å²) < 4.78 is 0. The van der Waals surface area contributed by atoms with Crippen molar-refractivity contribution < 1.29 is 5.11 Å². The Kier molecular flexibility index (Phi) is 5.84. The monoisotopic (exact) mass is 220 g/mol. The molecule has 1 aromatic heterocycles. The number of thiophene rings is 1. The highest BCUT2D eigenvalue weighted by Crippen LogP contribution is 2.05. The van der Waals surface area contributed by atoms with Gasteiger partial charge in [0.25, 0.3) is 0 Å². The third-order valence-corrected chi connectivity index (χ3v) is 2.84. The lowest BCUT2D eigenvalue weighted by Crippen LogP contribution is -2.02. The average Bonchev–Trinajstić information content (AvgIpc) is 2.75. The second kappa shape index (κ2) is 7.28. The Morgan fingerprint density at radius 3 is 3.13 bits per heavy atom. The second-order valence-corrected chi connectivity index (χ2v) is 4.24. The molecule has 0 aliphatic carbocycles. The summed E-state index contributed by atoms with van der Waals surface area (Å²) in [4.78, 5) is 1.09. The smallest absolute Gasteiger partial charge is 0.0771 e. The molecule has 0 aliphatic rings. The van der Waals surface area contributed by atoms with Crippen LogP contribution in [-0.2, 0) is 0 Å². The molecule has 0 aliphatic heterocycles. The van der Waals surface area contributed by atoms with Gasteiger partial charge in [-0.2, -0.15) is 0 Å². The zero-order chi connectivity index (χ0) is 10.9. The maximum absolute atomic E-state index is 9.30. The van der Waals surface area contributed by atoms with Gasteiger partial charge in [0.15, 0.2) is 0 Å². The van der Waals surface area contributed by atoms with Gasteiger partial charge in [-0.15, -0.1) is 11.3 Å². The van der Waals surface area contributed by atoms with Crippen molar-refractivity contribution in [3.8, 4) is 11.8 Å². The Labute approximate surface area is 95.5 Å². The van der Waals surface area contributed by atoms with Gasteiger partial charge < -0.3 is 5.11 Å². The summed E-state index contributed by atoms with van der Waals surface area (Å²) in [6, 6.07) is 4.00. The zero-order valence-electron chi connectivity index (χ0n) is 8.94. The van der Waals surface area contributed by atoms with Gasteiger partial charge in [-0.25, -0.2) is 0 Å². The fourth-order valence-corrected chi connectivity index (χ4v) is 1.68. The Bertz CT molecular complexity index is 340. The maximum Gasteiger partial charge on any atom is 0.0771 e. The van der Waals surface area contributed by atoms with Crippen molar-refractivity contribution in [1.29, 1.82) is 0 Å². The highest BCUT2D eigenvalue weighted by Gasteiger charge is 1.96. The van der Waals surface area contributed by atoms with Crippen molar-refractivity contribution in [3.05, 3.63) is 34.5 Å². The fourth-order valence-electron chi connectivity index (χ4n) is 1.10. The first-order valence-corrected chi connectivity index (χ1v) is 6.09. The van der Waals surface area contributed by atoms with Gasteiger partial charge in [-0.1, -0.05) is 30.9 Å². The molecule has 0 spiro atoms. The van der Waals surface area contributed by atoms with Crippen LogP contribution in [0, 0.1) is 11.8 Å². The van der Waals surface area contributed by atoms with Crippen LogP contribution >= 0.6 is 11.3 Å². The molecular formula is C13H16OS. The predicted octanol–water partition coefficient (Wildman–Crippen LogP) is 3.21. The van der Waals surface area contributed by atoms with Gasteiger partial charge in [0, 0.05) is 0 Å². The maximum atomic E-state index is 9.30. The molecule has 15 heavy (non-hydrogen) atoms. The minimum atomic E-state index is -0.167. The topological polar surface area (TPSA) is 20.2 Å². The molecule has 0 aromatic carbocycles. The van der Waals surface area contributed by atoms with E-state index in [1.54, 1.807) is 11.3 Å². The van der Waals surface area contributed by atoms with Gasteiger partial charge in [0.2, 0.25) is 0 Å². The summed E-state index contributed by atoms with van der Waals surface area (Å²) in [5, 5.41) is 11.3. The molecule has 1 atom stereocenters. The lowest BCUT2D eigenvalue weighted by atomic mass is 10.1. The van der Waals surface area contributed by atoms with Gasteiger partial charge in [0.1, 0.15) is 0 Å². The molecule has 1 N–H and O–H groups in total. The number of hydrogen-bond donors (Lipinski definition) is 1. The number of rotatable bonds is 4. The molecule has 0 amide bonds. The van der Waals surface area contributed by atoms with E-state index in [9.17, 15) is 5.11 Å². The lowest BCUT2D eigenvalue weighted by molar-refractivity contribution is 0.161. The van der Waals surface area contributed by atoms with Gasteiger partial charge in [-0.3, -0.25) is 0 Å². The minimum absolute atomic E-state index is 0.167. The highest BCUT2D eigenvalue weighted by molar-refractivity contribution is 7.10. The first kappa shape index (κ1) is 12.0. The van der Waals surface area contributed by atoms with E-state index >= 15 is 0 Å². The number of hydrogen-bond acceptors (Lipinski definition) is 2. The van der Waals surface area contributed by atoms with Crippen LogP contribution in [0.15, 0.2) is 29.7 Å². The third-order valence-electron chi connectivity index (χ3n) is 2.06. The van der Waals surface area contributed by atoms with E-state index in [2.05, 4.69) is 11.8 Å². The zero-order valence-corrected chi connectivity index (χ0v) is 9.76. The molecule has 0 saturated carbocycles. The molecule has 0 saturated heterocycles. The summed E-state index contributed by atoms with van der Waals surface area (Å²) in [5.41, 5.74) is 0. The van der Waals surface area contributed by atoms with Crippen LogP contribution in [0.5, 0.6) is 0 Å². The van der Waals surface area contributed by atoms with Crippen molar-refractivity contribution in [2.45, 2.75) is 32.3 Å². The number of allylic oxidation sites excluding steroid dienone is 2. The quantitative estimate of drug-likeness (QED) is 0.773. The normalized spacial score (nSPS) is 12.4. The SMILES string of the molecule is CCC(O)CCC=CC#Cc1cccs1. The summed E-state index contributed by atoms with van der Waals surface area (Å²) in [7, 11) is 0. The molecule has 1 heterocycles. The van der Waals surface area contributed by atoms with Gasteiger partial charge in [0.05, 0.1) is 11.0 Å². The largest absolute Gasteiger partial charge is 0.393 e. The number of aliphatic hydroxyl groups is 1. The molecule has 2 heteroatoms. The van der Waals surface area contributed by atoms with E-state index in [4.69, 9.17) is 0 Å². The van der Waals surface area contributed by atoms with Crippen molar-refractivity contribution in [2.24, 2.45) is 0 Å². The van der Waals surface area contributed by atoms with Crippen LogP contribution in [0.25, 0.3) is 0 Å². The van der Waals surface area contributed by atoms with Crippen LogP contribution in [0.1, 0.15) is 31.1 Å². The molecule has 1 nitrogen and oxygen atoms in total. The van der Waals surface area contributed by atoms with Gasteiger partial charge in [-0.05, 0) is 36.8 Å². The third kappa shape index (κ3) is 5.41. The van der Waals surface area contributed by atoms with E-state index in [0.717, 1.165) is 24.1 Å². The Morgan fingerprint density at radius 1 is 1.60 bits per heavy atom. The van der Waals surface area contributed by atoms with E-state index in [-0.39, 0.29) is 6.10 Å². The van der Waals surface area contributed by atoms with Gasteiger partial charge >= 0.3 is 0 Å². The molecule has 1 rings (SSSR count). The van der Waals surface area contributed by atoms with E-state index in [1.165, 1.54) is 0 Å². The summed E-state index contributed by atoms with van der Waals surface area (Å²) >= 11 is 1.65. The van der Waals surface area contributed by atoms with Crippen molar-refractivity contribution in [1.82, 2.24) is 0 Å². The lowest BCUT2D eigenvalue weighted by Gasteiger charge is -2.02. The molecule has 0 bridgehead atoms. The van der Waals surface area contributed by atoms with Crippen molar-refractivity contribution in [3.63, 3.8) is 0 Å². The first-order valence-electron chi connectivity index (χ1n) is 5.21. The fraction of sp³-hybridized carbons (Fsp3) is 0.385. The van der Waals surface area contributed by atoms with Crippen LogP contribution in [0.2, 0.25) is 0 Å². The van der Waals surface area contributed by atoms with Crippen LogP contribution in [-0.4, -0.2) is 11.2 Å². The van der Waals surface area contributed by atoms with E-state index < -0.39 is 0 Å². The van der Waals surface area contributed by atoms with E-state index in [0.29, 0.717) is 0 Å². The van der Waals surface area contributed by atoms with Crippen LogP contribution in [0.4, 0.5) is 0 Å². The number of aliphatic hydroxyl groups excluding tert-OH is 1. The summed E-state index contributed by atoms with van der Waals surface area (Å²) in [5.74, 6) is 6.02. The van der Waals surface area contributed by atoms with Crippen molar-refractivity contribution in [2.75, 3.05) is 0 Å². The van der Waals surface area contributed by atoms with Crippen LogP contribution in [0.3, 0.4) is 0 Å². The molecule has 1 unspecified atom stereocenters. The Hall–Kier alpha value is -1.04. The summed E-state index contributed by atoms with van der Waals surface area (Å²) in [6.45, 7) is 1.99. The molecule has 0 fully saturated rings. The highest BCUT2D eigenvalue weighted by atomic mass is 32.1. The Morgan fingerprint density at radius 2 is 2.47 bits per heavy atom. The predicted molar refractivity (Wildman–Crippen MR) is 65.9 cm³/mol. The van der Waals surface area contributed by atoms with E-state index in [1.807, 2.05) is 36.6 Å². The molecule has 1 aromatic rings. The average molecular weight is 220 g/mol. The molecular weight excluding hydrogens is 204 g/mol. The molecule has 0 radical (unpaired) electrons. The first-order chi connectivity index (χ1) is 7.33. The molecule has 80 valence electrons. The van der Waals surface area contributed by atoms with Crippen molar-refractivity contribution >= 4 is 11.3 Å². The second-order valence-electron chi connectivity index (χ2n) is 3.29. The minimum Gasteiger partial charge on any atom is -0.393 e. The Balaban J connectivity index is 2.22. The standard InChI is InChI=1S/C13H16OS/c1-2-12(14)8-5-3-4-6-9-13-10-7-11-15-13/h3-4,7,10-12,14H,2,5,8H2,1H3. The summed E-state index contributed by atoms with van der Waals surface area (Å²) in [6.07, 6.45) is 6.26. The van der Waals surface area contributed by atoms with Crippen LogP contribution < -0.4 is 0 Å².